The summed E-state index contributed by atoms with van der Waals surface area (Å²) in [7, 11) is 1.70. The van der Waals surface area contributed by atoms with Crippen LogP contribution in [0.3, 0.4) is 0 Å². The molecule has 1 atom stereocenters. The number of benzene rings is 1. The van der Waals surface area contributed by atoms with Gasteiger partial charge in [-0.3, -0.25) is 4.98 Å². The number of hydrogen-bond donors (Lipinski definition) is 3. The number of anilines is 2. The van der Waals surface area contributed by atoms with Gasteiger partial charge in [0.25, 0.3) is 0 Å². The van der Waals surface area contributed by atoms with E-state index in [2.05, 4.69) is 25.9 Å². The van der Waals surface area contributed by atoms with Crippen LogP contribution in [0.25, 0.3) is 22.3 Å². The molecule has 1 aromatic carbocycles. The molecule has 1 aliphatic heterocycles. The lowest BCUT2D eigenvalue weighted by Gasteiger charge is -2.23. The molecule has 0 spiro atoms. The number of fused-ring (bicyclic) bond motifs is 1. The van der Waals surface area contributed by atoms with Crippen molar-refractivity contribution in [1.82, 2.24) is 20.3 Å². The van der Waals surface area contributed by atoms with Gasteiger partial charge in [-0.15, -0.1) is 0 Å². The molecule has 2 aromatic heterocycles. The van der Waals surface area contributed by atoms with Gasteiger partial charge in [0.1, 0.15) is 11.3 Å². The highest BCUT2D eigenvalue weighted by molar-refractivity contribution is 5.88. The van der Waals surface area contributed by atoms with Gasteiger partial charge in [0.15, 0.2) is 5.82 Å². The van der Waals surface area contributed by atoms with Crippen LogP contribution in [0.2, 0.25) is 0 Å². The predicted octanol–water partition coefficient (Wildman–Crippen LogP) is 3.28. The Morgan fingerprint density at radius 1 is 1.22 bits per heavy atom. The van der Waals surface area contributed by atoms with Crippen LogP contribution in [0.15, 0.2) is 36.7 Å². The molecule has 3 aromatic rings. The number of pyridine rings is 1. The SMILES string of the molecule is CNc1ccc(-c2cc3nccnc3c(NCC3CCCNC3)n2)cc1F. The number of nitrogens with zero attached hydrogens (tertiary/aromatic N) is 3. The van der Waals surface area contributed by atoms with Crippen molar-refractivity contribution in [2.24, 2.45) is 5.92 Å². The van der Waals surface area contributed by atoms with Gasteiger partial charge in [-0.1, -0.05) is 6.07 Å². The average Bonchev–Trinajstić information content (AvgIpc) is 2.72. The Labute approximate surface area is 157 Å². The van der Waals surface area contributed by atoms with Crippen LogP contribution in [-0.2, 0) is 0 Å². The molecule has 3 N–H and O–H groups in total. The zero-order valence-electron chi connectivity index (χ0n) is 15.3. The molecule has 0 amide bonds. The molecule has 140 valence electrons. The summed E-state index contributed by atoms with van der Waals surface area (Å²) in [5, 5.41) is 9.71. The molecule has 0 radical (unpaired) electrons. The highest BCUT2D eigenvalue weighted by Gasteiger charge is 2.15. The average molecular weight is 366 g/mol. The van der Waals surface area contributed by atoms with Crippen LogP contribution in [0, 0.1) is 11.7 Å². The highest BCUT2D eigenvalue weighted by atomic mass is 19.1. The zero-order valence-corrected chi connectivity index (χ0v) is 15.3. The number of hydrogen-bond acceptors (Lipinski definition) is 6. The second kappa shape index (κ2) is 7.84. The molecule has 7 heteroatoms. The second-order valence-electron chi connectivity index (χ2n) is 6.82. The summed E-state index contributed by atoms with van der Waals surface area (Å²) in [6.07, 6.45) is 5.71. The van der Waals surface area contributed by atoms with Crippen molar-refractivity contribution in [3.8, 4) is 11.3 Å². The molecular weight excluding hydrogens is 343 g/mol. The molecule has 1 saturated heterocycles. The third-order valence-electron chi connectivity index (χ3n) is 4.95. The highest BCUT2D eigenvalue weighted by Crippen LogP contribution is 2.28. The largest absolute Gasteiger partial charge is 0.386 e. The van der Waals surface area contributed by atoms with Crippen molar-refractivity contribution < 1.29 is 4.39 Å². The van der Waals surface area contributed by atoms with Crippen molar-refractivity contribution in [1.29, 1.82) is 0 Å². The van der Waals surface area contributed by atoms with Gasteiger partial charge in [-0.05, 0) is 50.0 Å². The molecule has 0 aliphatic carbocycles. The Bertz CT molecular complexity index is 939. The van der Waals surface area contributed by atoms with Crippen LogP contribution in [-0.4, -0.2) is 41.6 Å². The van der Waals surface area contributed by atoms with Gasteiger partial charge in [0, 0.05) is 31.5 Å². The molecule has 1 fully saturated rings. The van der Waals surface area contributed by atoms with Crippen molar-refractivity contribution in [2.45, 2.75) is 12.8 Å². The Kier molecular flexibility index (Phi) is 5.11. The molecule has 1 unspecified atom stereocenters. The first-order valence-electron chi connectivity index (χ1n) is 9.28. The molecule has 4 rings (SSSR count). The van der Waals surface area contributed by atoms with Crippen LogP contribution in [0.5, 0.6) is 0 Å². The summed E-state index contributed by atoms with van der Waals surface area (Å²) in [5.41, 5.74) is 3.32. The molecule has 1 aliphatic rings. The number of rotatable bonds is 5. The van der Waals surface area contributed by atoms with Crippen LogP contribution in [0.1, 0.15) is 12.8 Å². The Morgan fingerprint density at radius 3 is 2.89 bits per heavy atom. The van der Waals surface area contributed by atoms with E-state index in [1.165, 1.54) is 18.9 Å². The fourth-order valence-corrected chi connectivity index (χ4v) is 3.46. The molecule has 3 heterocycles. The quantitative estimate of drug-likeness (QED) is 0.643. The maximum atomic E-state index is 14.2. The first kappa shape index (κ1) is 17.6. The fraction of sp³-hybridized carbons (Fsp3) is 0.350. The molecule has 27 heavy (non-hydrogen) atoms. The Hall–Kier alpha value is -2.80. The first-order valence-corrected chi connectivity index (χ1v) is 9.28. The van der Waals surface area contributed by atoms with Gasteiger partial charge in [0.2, 0.25) is 0 Å². The summed E-state index contributed by atoms with van der Waals surface area (Å²) in [4.78, 5) is 13.6. The van der Waals surface area contributed by atoms with Crippen LogP contribution in [0.4, 0.5) is 15.9 Å². The number of halogens is 1. The Morgan fingerprint density at radius 2 is 2.11 bits per heavy atom. The van der Waals surface area contributed by atoms with Gasteiger partial charge in [-0.2, -0.15) is 0 Å². The minimum absolute atomic E-state index is 0.307. The van der Waals surface area contributed by atoms with E-state index in [0.717, 1.165) is 30.7 Å². The van der Waals surface area contributed by atoms with Crippen LogP contribution >= 0.6 is 0 Å². The number of piperidine rings is 1. The van der Waals surface area contributed by atoms with E-state index >= 15 is 0 Å². The molecule has 0 bridgehead atoms. The third kappa shape index (κ3) is 3.83. The van der Waals surface area contributed by atoms with Gasteiger partial charge < -0.3 is 16.0 Å². The van der Waals surface area contributed by atoms with Gasteiger partial charge in [-0.25, -0.2) is 14.4 Å². The van der Waals surface area contributed by atoms with E-state index in [9.17, 15) is 4.39 Å². The molecule has 6 nitrogen and oxygen atoms in total. The predicted molar refractivity (Wildman–Crippen MR) is 106 cm³/mol. The fourth-order valence-electron chi connectivity index (χ4n) is 3.46. The third-order valence-corrected chi connectivity index (χ3v) is 4.95. The maximum absolute atomic E-state index is 14.2. The lowest BCUT2D eigenvalue weighted by Crippen LogP contribution is -2.33. The van der Waals surface area contributed by atoms with Crippen molar-refractivity contribution in [3.63, 3.8) is 0 Å². The minimum Gasteiger partial charge on any atom is -0.386 e. The van der Waals surface area contributed by atoms with Crippen molar-refractivity contribution in [2.75, 3.05) is 37.3 Å². The topological polar surface area (TPSA) is 74.8 Å². The standard InChI is InChI=1S/C20H23FN6/c1-22-16-5-4-14(9-15(16)21)17-10-18-19(25-8-7-24-18)20(27-17)26-12-13-3-2-6-23-11-13/h4-5,7-10,13,22-23H,2-3,6,11-12H2,1H3,(H,26,27). The van der Waals surface area contributed by atoms with Crippen molar-refractivity contribution in [3.05, 3.63) is 42.5 Å². The van der Waals surface area contributed by atoms with E-state index in [-0.39, 0.29) is 5.82 Å². The molecular formula is C20H23FN6. The number of aromatic nitrogens is 3. The zero-order chi connectivity index (χ0) is 18.6. The normalized spacial score (nSPS) is 17.0. The summed E-state index contributed by atoms with van der Waals surface area (Å²) in [6.45, 7) is 2.92. The van der Waals surface area contributed by atoms with E-state index < -0.39 is 0 Å². The van der Waals surface area contributed by atoms with E-state index in [1.54, 1.807) is 25.5 Å². The first-order chi connectivity index (χ1) is 13.2. The Balaban J connectivity index is 1.68. The summed E-state index contributed by atoms with van der Waals surface area (Å²) in [5.74, 6) is 0.946. The van der Waals surface area contributed by atoms with Crippen molar-refractivity contribution >= 4 is 22.5 Å². The monoisotopic (exact) mass is 366 g/mol. The molecule has 0 saturated carbocycles. The maximum Gasteiger partial charge on any atom is 0.154 e. The van der Waals surface area contributed by atoms with Gasteiger partial charge >= 0.3 is 0 Å². The summed E-state index contributed by atoms with van der Waals surface area (Å²) < 4.78 is 14.2. The smallest absolute Gasteiger partial charge is 0.154 e. The van der Waals surface area contributed by atoms with E-state index in [1.807, 2.05) is 12.1 Å². The van der Waals surface area contributed by atoms with E-state index in [4.69, 9.17) is 4.98 Å². The van der Waals surface area contributed by atoms with Gasteiger partial charge in [0.05, 0.1) is 16.9 Å². The van der Waals surface area contributed by atoms with E-state index in [0.29, 0.717) is 28.7 Å². The summed E-state index contributed by atoms with van der Waals surface area (Å²) >= 11 is 0. The minimum atomic E-state index is -0.307. The lowest BCUT2D eigenvalue weighted by molar-refractivity contribution is 0.392. The second-order valence-corrected chi connectivity index (χ2v) is 6.82. The number of nitrogens with one attached hydrogen (secondary N) is 3. The lowest BCUT2D eigenvalue weighted by atomic mass is 10.00. The summed E-state index contributed by atoms with van der Waals surface area (Å²) in [6, 6.07) is 6.91. The van der Waals surface area contributed by atoms with Crippen LogP contribution < -0.4 is 16.0 Å².